The molecule has 0 amide bonds. The highest BCUT2D eigenvalue weighted by molar-refractivity contribution is 5.71. The molecular formula is C6H7N. The predicted molar refractivity (Wildman–Crippen MR) is 30.6 cm³/mol. The second kappa shape index (κ2) is 1.76. The van der Waals surface area contributed by atoms with Gasteiger partial charge in [0.1, 0.15) is 0 Å². The summed E-state index contributed by atoms with van der Waals surface area (Å²) in [5.74, 6) is 0. The van der Waals surface area contributed by atoms with Crippen LogP contribution in [0.25, 0.3) is 0 Å². The Kier molecular flexibility index (Phi) is 1.10. The van der Waals surface area contributed by atoms with Crippen LogP contribution >= 0.6 is 0 Å². The van der Waals surface area contributed by atoms with E-state index in [1.807, 2.05) is 13.0 Å². The molecule has 36 valence electrons. The third-order valence-electron chi connectivity index (χ3n) is 0.829. The van der Waals surface area contributed by atoms with Gasteiger partial charge in [0.25, 0.3) is 0 Å². The Morgan fingerprint density at radius 2 is 2.57 bits per heavy atom. The van der Waals surface area contributed by atoms with E-state index in [0.29, 0.717) is 6.04 Å². The first-order valence-electron chi connectivity index (χ1n) is 2.34. The van der Waals surface area contributed by atoms with Crippen molar-refractivity contribution in [3.8, 4) is 0 Å². The Morgan fingerprint density at radius 3 is 2.86 bits per heavy atom. The van der Waals surface area contributed by atoms with E-state index in [0.717, 1.165) is 0 Å². The largest absolute Gasteiger partial charge is 0.285 e. The van der Waals surface area contributed by atoms with Gasteiger partial charge in [0.2, 0.25) is 0 Å². The smallest absolute Gasteiger partial charge is 0.0725 e. The second-order valence-electron chi connectivity index (χ2n) is 1.54. The topological polar surface area (TPSA) is 12.4 Å². The summed E-state index contributed by atoms with van der Waals surface area (Å²) in [6.07, 6.45) is 5.50. The predicted octanol–water partition coefficient (Wildman–Crippen LogP) is 1.17. The third kappa shape index (κ3) is 1.02. The molecule has 1 atom stereocenters. The van der Waals surface area contributed by atoms with Gasteiger partial charge in [-0.3, -0.25) is 4.99 Å². The first kappa shape index (κ1) is 4.35. The Labute approximate surface area is 43.1 Å². The molecule has 1 aliphatic rings. The number of nitrogens with zero attached hydrogens (tertiary/aromatic N) is 1. The summed E-state index contributed by atoms with van der Waals surface area (Å²) in [5.41, 5.74) is 2.94. The van der Waals surface area contributed by atoms with Crippen molar-refractivity contribution in [3.05, 3.63) is 17.9 Å². The van der Waals surface area contributed by atoms with Gasteiger partial charge in [0, 0.05) is 6.21 Å². The Balaban J connectivity index is 2.77. The van der Waals surface area contributed by atoms with Crippen molar-refractivity contribution in [2.45, 2.75) is 13.0 Å². The van der Waals surface area contributed by atoms with Gasteiger partial charge < -0.3 is 0 Å². The first-order valence-corrected chi connectivity index (χ1v) is 2.34. The summed E-state index contributed by atoms with van der Waals surface area (Å²) >= 11 is 0. The normalized spacial score (nSPS) is 26.1. The number of hydrogen-bond acceptors (Lipinski definition) is 1. The van der Waals surface area contributed by atoms with Crippen LogP contribution in [0.1, 0.15) is 6.92 Å². The molecule has 0 saturated heterocycles. The fraction of sp³-hybridized carbons (Fsp3) is 0.333. The standard InChI is InChI=1S/C6H7N/c1-6-4-2-3-5-7-6/h3-6H,1H3. The Hall–Kier alpha value is -0.810. The molecule has 0 N–H and O–H groups in total. The van der Waals surface area contributed by atoms with Crippen molar-refractivity contribution in [2.24, 2.45) is 4.99 Å². The van der Waals surface area contributed by atoms with Gasteiger partial charge in [-0.25, -0.2) is 0 Å². The molecule has 0 spiro atoms. The highest BCUT2D eigenvalue weighted by Gasteiger charge is 1.87. The van der Waals surface area contributed by atoms with Gasteiger partial charge in [0.15, 0.2) is 0 Å². The minimum absolute atomic E-state index is 0.338. The van der Waals surface area contributed by atoms with E-state index in [4.69, 9.17) is 0 Å². The van der Waals surface area contributed by atoms with Crippen molar-refractivity contribution < 1.29 is 0 Å². The fourth-order valence-corrected chi connectivity index (χ4v) is 0.460. The summed E-state index contributed by atoms with van der Waals surface area (Å²) < 4.78 is 0. The first-order chi connectivity index (χ1) is 3.39. The highest BCUT2D eigenvalue weighted by Crippen LogP contribution is 1.91. The van der Waals surface area contributed by atoms with Crippen molar-refractivity contribution in [3.63, 3.8) is 0 Å². The zero-order valence-electron chi connectivity index (χ0n) is 4.26. The maximum Gasteiger partial charge on any atom is 0.0725 e. The number of aliphatic imine (C=N–C) groups is 1. The zero-order valence-corrected chi connectivity index (χ0v) is 4.26. The summed E-state index contributed by atoms with van der Waals surface area (Å²) in [7, 11) is 0. The van der Waals surface area contributed by atoms with Crippen LogP contribution in [0.5, 0.6) is 0 Å². The minimum atomic E-state index is 0.338. The molecule has 0 fully saturated rings. The van der Waals surface area contributed by atoms with Crippen molar-refractivity contribution >= 4 is 6.21 Å². The SMILES string of the molecule is CC1C=C=CC=N1. The van der Waals surface area contributed by atoms with Crippen LogP contribution in [0.3, 0.4) is 0 Å². The Morgan fingerprint density at radius 1 is 1.71 bits per heavy atom. The van der Waals surface area contributed by atoms with E-state index in [1.54, 1.807) is 12.3 Å². The van der Waals surface area contributed by atoms with E-state index < -0.39 is 0 Å². The average Bonchev–Trinajstić information content (AvgIpc) is 1.69. The maximum atomic E-state index is 4.03. The van der Waals surface area contributed by atoms with Crippen LogP contribution in [0, 0.1) is 0 Å². The molecule has 1 rings (SSSR count). The lowest BCUT2D eigenvalue weighted by atomic mass is 10.3. The van der Waals surface area contributed by atoms with Gasteiger partial charge in [-0.05, 0) is 19.1 Å². The van der Waals surface area contributed by atoms with Crippen LogP contribution < -0.4 is 0 Å². The molecule has 1 aliphatic heterocycles. The molecule has 1 heteroatoms. The molecule has 1 unspecified atom stereocenters. The summed E-state index contributed by atoms with van der Waals surface area (Å²) in [6, 6.07) is 0.338. The molecule has 7 heavy (non-hydrogen) atoms. The summed E-state index contributed by atoms with van der Waals surface area (Å²) in [6.45, 7) is 2.02. The molecule has 0 aromatic carbocycles. The summed E-state index contributed by atoms with van der Waals surface area (Å²) in [4.78, 5) is 4.03. The maximum absolute atomic E-state index is 4.03. The van der Waals surface area contributed by atoms with Gasteiger partial charge >= 0.3 is 0 Å². The van der Waals surface area contributed by atoms with Crippen LogP contribution in [0.4, 0.5) is 0 Å². The monoisotopic (exact) mass is 93.1 g/mol. The number of hydrogen-bond donors (Lipinski definition) is 0. The second-order valence-corrected chi connectivity index (χ2v) is 1.54. The molecule has 0 radical (unpaired) electrons. The van der Waals surface area contributed by atoms with E-state index >= 15 is 0 Å². The zero-order chi connectivity index (χ0) is 5.11. The lowest BCUT2D eigenvalue weighted by molar-refractivity contribution is 0.931. The molecule has 0 aromatic heterocycles. The van der Waals surface area contributed by atoms with Crippen LogP contribution in [0.15, 0.2) is 22.9 Å². The molecule has 0 aromatic rings. The van der Waals surface area contributed by atoms with Gasteiger partial charge in [-0.2, -0.15) is 0 Å². The van der Waals surface area contributed by atoms with Crippen molar-refractivity contribution in [1.29, 1.82) is 0 Å². The van der Waals surface area contributed by atoms with E-state index in [2.05, 4.69) is 10.7 Å². The molecular weight excluding hydrogens is 86.1 g/mol. The molecule has 0 bridgehead atoms. The van der Waals surface area contributed by atoms with E-state index in [1.165, 1.54) is 0 Å². The van der Waals surface area contributed by atoms with Gasteiger partial charge in [-0.15, -0.1) is 5.73 Å². The molecule has 0 saturated carbocycles. The van der Waals surface area contributed by atoms with Crippen molar-refractivity contribution in [1.82, 2.24) is 0 Å². The van der Waals surface area contributed by atoms with Crippen molar-refractivity contribution in [2.75, 3.05) is 0 Å². The quantitative estimate of drug-likeness (QED) is 0.399. The van der Waals surface area contributed by atoms with Crippen LogP contribution in [0.2, 0.25) is 0 Å². The summed E-state index contributed by atoms with van der Waals surface area (Å²) in [5, 5.41) is 0. The number of rotatable bonds is 0. The van der Waals surface area contributed by atoms with Crippen LogP contribution in [-0.4, -0.2) is 12.3 Å². The lowest BCUT2D eigenvalue weighted by Crippen LogP contribution is -1.92. The Bertz CT molecular complexity index is 138. The average molecular weight is 93.1 g/mol. The fourth-order valence-electron chi connectivity index (χ4n) is 0.460. The van der Waals surface area contributed by atoms with Gasteiger partial charge in [-0.1, -0.05) is 0 Å². The highest BCUT2D eigenvalue weighted by atomic mass is 14.7. The van der Waals surface area contributed by atoms with E-state index in [9.17, 15) is 0 Å². The van der Waals surface area contributed by atoms with Crippen LogP contribution in [-0.2, 0) is 0 Å². The minimum Gasteiger partial charge on any atom is -0.285 e. The lowest BCUT2D eigenvalue weighted by Gasteiger charge is -1.94. The molecule has 1 nitrogen and oxygen atoms in total. The molecule has 1 heterocycles. The van der Waals surface area contributed by atoms with E-state index in [-0.39, 0.29) is 0 Å². The third-order valence-corrected chi connectivity index (χ3v) is 0.829. The van der Waals surface area contributed by atoms with Gasteiger partial charge in [0.05, 0.1) is 6.04 Å². The molecule has 0 aliphatic carbocycles.